The fourth-order valence-electron chi connectivity index (χ4n) is 4.98. The van der Waals surface area contributed by atoms with Gasteiger partial charge in [0.15, 0.2) is 0 Å². The predicted molar refractivity (Wildman–Crippen MR) is 172 cm³/mol. The maximum Gasteiger partial charge on any atom is 0.244 e. The lowest BCUT2D eigenvalue weighted by atomic mass is 10.0. The first-order chi connectivity index (χ1) is 20.6. The van der Waals surface area contributed by atoms with Crippen molar-refractivity contribution in [2.24, 2.45) is 0 Å². The molecule has 0 aromatic heterocycles. The van der Waals surface area contributed by atoms with Crippen molar-refractivity contribution in [1.29, 1.82) is 0 Å². The average Bonchev–Trinajstić information content (AvgIpc) is 3.01. The third-order valence-electron chi connectivity index (χ3n) is 7.47. The number of nitrogens with zero attached hydrogens (tertiary/aromatic N) is 2. The summed E-state index contributed by atoms with van der Waals surface area (Å²) >= 11 is 0. The number of sulfonamides is 1. The van der Waals surface area contributed by atoms with Gasteiger partial charge in [-0.25, -0.2) is 8.42 Å². The van der Waals surface area contributed by atoms with Gasteiger partial charge in [-0.15, -0.1) is 0 Å². The molecule has 0 heterocycles. The van der Waals surface area contributed by atoms with E-state index in [2.05, 4.69) is 5.32 Å². The summed E-state index contributed by atoms with van der Waals surface area (Å²) in [5.41, 5.74) is 2.03. The summed E-state index contributed by atoms with van der Waals surface area (Å²) in [6.07, 6.45) is 2.06. The van der Waals surface area contributed by atoms with E-state index in [-0.39, 0.29) is 24.9 Å². The van der Waals surface area contributed by atoms with Crippen molar-refractivity contribution in [1.82, 2.24) is 10.2 Å². The van der Waals surface area contributed by atoms with E-state index in [4.69, 9.17) is 4.74 Å². The molecule has 1 N–H and O–H groups in total. The molecule has 0 saturated heterocycles. The molecule has 2 atom stereocenters. The topological polar surface area (TPSA) is 96.0 Å². The lowest BCUT2D eigenvalue weighted by molar-refractivity contribution is -0.140. The van der Waals surface area contributed by atoms with Crippen molar-refractivity contribution in [2.45, 2.75) is 45.3 Å². The molecular formula is C34H39N3O5S. The van der Waals surface area contributed by atoms with Gasteiger partial charge in [-0.05, 0) is 48.1 Å². The molecule has 0 fully saturated rings. The number of carbonyl (C=O) groups excluding carboxylic acids is 2. The van der Waals surface area contributed by atoms with Crippen LogP contribution in [0.5, 0.6) is 5.75 Å². The van der Waals surface area contributed by atoms with E-state index in [9.17, 15) is 18.0 Å². The van der Waals surface area contributed by atoms with Gasteiger partial charge in [-0.2, -0.15) is 0 Å². The normalized spacial score (nSPS) is 12.7. The SMILES string of the molecule is CCC(C)NC(=O)C(Cc1ccccc1)N(Cc1cccc(OC)c1)C(=O)CN(c1cccc2ccccc12)S(C)(=O)=O. The number of amides is 2. The molecule has 2 unspecified atom stereocenters. The van der Waals surface area contributed by atoms with E-state index in [1.807, 2.05) is 92.7 Å². The number of fused-ring (bicyclic) bond motifs is 1. The summed E-state index contributed by atoms with van der Waals surface area (Å²) in [6.45, 7) is 3.50. The van der Waals surface area contributed by atoms with Crippen molar-refractivity contribution in [3.8, 4) is 5.75 Å². The summed E-state index contributed by atoms with van der Waals surface area (Å²) in [4.78, 5) is 29.7. The molecule has 4 rings (SSSR count). The predicted octanol–water partition coefficient (Wildman–Crippen LogP) is 5.17. The van der Waals surface area contributed by atoms with Crippen LogP contribution in [0, 0.1) is 0 Å². The van der Waals surface area contributed by atoms with E-state index < -0.39 is 28.5 Å². The van der Waals surface area contributed by atoms with Crippen LogP contribution in [0.4, 0.5) is 5.69 Å². The number of ether oxygens (including phenoxy) is 1. The Kier molecular flexibility index (Phi) is 10.4. The van der Waals surface area contributed by atoms with Gasteiger partial charge in [-0.1, -0.05) is 85.8 Å². The van der Waals surface area contributed by atoms with Crippen LogP contribution in [-0.4, -0.2) is 57.1 Å². The van der Waals surface area contributed by atoms with Crippen LogP contribution in [0.25, 0.3) is 10.8 Å². The van der Waals surface area contributed by atoms with Crippen molar-refractivity contribution >= 4 is 38.3 Å². The van der Waals surface area contributed by atoms with Gasteiger partial charge in [-0.3, -0.25) is 13.9 Å². The van der Waals surface area contributed by atoms with Crippen molar-refractivity contribution < 1.29 is 22.7 Å². The Morgan fingerprint density at radius 2 is 1.53 bits per heavy atom. The molecule has 4 aromatic carbocycles. The van der Waals surface area contributed by atoms with Crippen LogP contribution in [-0.2, 0) is 32.6 Å². The molecule has 43 heavy (non-hydrogen) atoms. The molecule has 0 spiro atoms. The molecular weight excluding hydrogens is 562 g/mol. The van der Waals surface area contributed by atoms with E-state index >= 15 is 0 Å². The average molecular weight is 602 g/mol. The number of carbonyl (C=O) groups is 2. The maximum absolute atomic E-state index is 14.4. The van der Waals surface area contributed by atoms with Gasteiger partial charge < -0.3 is 15.0 Å². The Morgan fingerprint density at radius 1 is 0.884 bits per heavy atom. The summed E-state index contributed by atoms with van der Waals surface area (Å²) in [6, 6.07) is 28.6. The largest absolute Gasteiger partial charge is 0.497 e. The highest BCUT2D eigenvalue weighted by atomic mass is 32.2. The second-order valence-corrected chi connectivity index (χ2v) is 12.6. The first-order valence-corrected chi connectivity index (χ1v) is 16.2. The van der Waals surface area contributed by atoms with Crippen LogP contribution in [0.3, 0.4) is 0 Å². The molecule has 9 heteroatoms. The maximum atomic E-state index is 14.4. The number of hydrogen-bond donors (Lipinski definition) is 1. The summed E-state index contributed by atoms with van der Waals surface area (Å²) < 4.78 is 33.0. The van der Waals surface area contributed by atoms with E-state index in [0.29, 0.717) is 16.8 Å². The molecule has 0 aliphatic heterocycles. The third kappa shape index (κ3) is 8.14. The van der Waals surface area contributed by atoms with Gasteiger partial charge >= 0.3 is 0 Å². The zero-order valence-corrected chi connectivity index (χ0v) is 25.9. The number of methoxy groups -OCH3 is 1. The van der Waals surface area contributed by atoms with Crippen molar-refractivity contribution in [2.75, 3.05) is 24.2 Å². The quantitative estimate of drug-likeness (QED) is 0.228. The van der Waals surface area contributed by atoms with Gasteiger partial charge in [0.1, 0.15) is 18.3 Å². The first-order valence-electron chi connectivity index (χ1n) is 14.3. The van der Waals surface area contributed by atoms with Crippen LogP contribution in [0.15, 0.2) is 97.1 Å². The lowest BCUT2D eigenvalue weighted by Crippen LogP contribution is -2.54. The fraction of sp³-hybridized carbons (Fsp3) is 0.294. The Balaban J connectivity index is 1.79. The number of rotatable bonds is 13. The molecule has 0 saturated carbocycles. The van der Waals surface area contributed by atoms with Crippen LogP contribution >= 0.6 is 0 Å². The second kappa shape index (κ2) is 14.2. The molecule has 0 bridgehead atoms. The highest BCUT2D eigenvalue weighted by molar-refractivity contribution is 7.92. The van der Waals surface area contributed by atoms with Crippen molar-refractivity contribution in [3.63, 3.8) is 0 Å². The summed E-state index contributed by atoms with van der Waals surface area (Å²) in [7, 11) is -2.32. The number of nitrogens with one attached hydrogen (secondary N) is 1. The van der Waals surface area contributed by atoms with Gasteiger partial charge in [0, 0.05) is 24.4 Å². The molecule has 0 aliphatic carbocycles. The fourth-order valence-corrected chi connectivity index (χ4v) is 5.84. The summed E-state index contributed by atoms with van der Waals surface area (Å²) in [5.74, 6) is -0.186. The van der Waals surface area contributed by atoms with Gasteiger partial charge in [0.25, 0.3) is 0 Å². The smallest absolute Gasteiger partial charge is 0.244 e. The Morgan fingerprint density at radius 3 is 2.23 bits per heavy atom. The molecule has 0 radical (unpaired) electrons. The van der Waals surface area contributed by atoms with E-state index in [1.165, 1.54) is 4.90 Å². The molecule has 2 amide bonds. The Labute approximate surface area is 254 Å². The third-order valence-corrected chi connectivity index (χ3v) is 8.60. The molecule has 8 nitrogen and oxygen atoms in total. The van der Waals surface area contributed by atoms with E-state index in [0.717, 1.165) is 33.5 Å². The van der Waals surface area contributed by atoms with Crippen molar-refractivity contribution in [3.05, 3.63) is 108 Å². The number of hydrogen-bond acceptors (Lipinski definition) is 5. The lowest BCUT2D eigenvalue weighted by Gasteiger charge is -2.34. The monoisotopic (exact) mass is 601 g/mol. The second-order valence-electron chi connectivity index (χ2n) is 10.7. The van der Waals surface area contributed by atoms with Crippen LogP contribution in [0.2, 0.25) is 0 Å². The molecule has 4 aromatic rings. The van der Waals surface area contributed by atoms with Gasteiger partial charge in [0.05, 0.1) is 19.1 Å². The Hall–Kier alpha value is -4.37. The van der Waals surface area contributed by atoms with Crippen LogP contribution in [0.1, 0.15) is 31.4 Å². The molecule has 0 aliphatic rings. The van der Waals surface area contributed by atoms with E-state index in [1.54, 1.807) is 25.3 Å². The minimum atomic E-state index is -3.88. The Bertz CT molecular complexity index is 1650. The number of anilines is 1. The minimum absolute atomic E-state index is 0.0780. The highest BCUT2D eigenvalue weighted by Crippen LogP contribution is 2.29. The number of benzene rings is 4. The molecule has 226 valence electrons. The zero-order valence-electron chi connectivity index (χ0n) is 25.1. The standard InChI is InChI=1S/C34H39N3O5S/c1-5-25(2)35-34(39)32(22-26-13-7-6-8-14-26)36(23-27-15-11-18-29(21-27)42-3)33(38)24-37(43(4,40)41)31-20-12-17-28-16-9-10-19-30(28)31/h6-21,25,32H,5,22-24H2,1-4H3,(H,35,39). The first kappa shape index (κ1) is 31.6. The van der Waals surface area contributed by atoms with Gasteiger partial charge in [0.2, 0.25) is 21.8 Å². The summed E-state index contributed by atoms with van der Waals surface area (Å²) in [5, 5.41) is 4.60. The highest BCUT2D eigenvalue weighted by Gasteiger charge is 2.33. The zero-order chi connectivity index (χ0) is 31.0. The van der Waals surface area contributed by atoms with Crippen LogP contribution < -0.4 is 14.4 Å². The minimum Gasteiger partial charge on any atom is -0.497 e.